The zero-order chi connectivity index (χ0) is 18.7. The average molecular weight is 392 g/mol. The number of hydrogen-bond acceptors (Lipinski definition) is 4. The fraction of sp³-hybridized carbons (Fsp3) is 0.222. The van der Waals surface area contributed by atoms with Gasteiger partial charge in [0.15, 0.2) is 0 Å². The summed E-state index contributed by atoms with van der Waals surface area (Å²) in [5.74, 6) is -1.02. The summed E-state index contributed by atoms with van der Waals surface area (Å²) in [6, 6.07) is 12.3. The van der Waals surface area contributed by atoms with Crippen LogP contribution in [0.25, 0.3) is 10.2 Å². The topological polar surface area (TPSA) is 108 Å². The van der Waals surface area contributed by atoms with Gasteiger partial charge >= 0.3 is 5.97 Å². The highest BCUT2D eigenvalue weighted by atomic mass is 35.5. The zero-order valence-corrected chi connectivity index (χ0v) is 15.4. The number of carbonyl (C=O) groups is 2. The number of rotatable bonds is 3. The summed E-state index contributed by atoms with van der Waals surface area (Å²) < 4.78 is 0.731. The molecule has 0 spiro atoms. The minimum atomic E-state index is -0.968. The Bertz CT molecular complexity index is 894. The van der Waals surface area contributed by atoms with Crippen LogP contribution in [0, 0.1) is 0 Å². The Kier molecular flexibility index (Phi) is 5.61. The number of H-pyrrole nitrogens is 1. The molecule has 1 aliphatic carbocycles. The van der Waals surface area contributed by atoms with E-state index in [1.165, 1.54) is 22.5 Å². The van der Waals surface area contributed by atoms with Crippen LogP contribution in [0.2, 0.25) is 4.34 Å². The number of fused-ring (bicyclic) bond motifs is 2. The molecule has 2 aromatic heterocycles. The van der Waals surface area contributed by atoms with Crippen molar-refractivity contribution in [3.05, 3.63) is 57.6 Å². The normalized spacial score (nSPS) is 13.2. The first-order chi connectivity index (χ1) is 12.5. The molecule has 1 aliphatic rings. The minimum absolute atomic E-state index is 0.0488. The van der Waals surface area contributed by atoms with Gasteiger partial charge in [0.2, 0.25) is 0 Å². The average Bonchev–Trinajstić information content (AvgIpc) is 3.26. The molecule has 1 aromatic carbocycles. The number of carboxylic acids is 1. The van der Waals surface area contributed by atoms with Crippen LogP contribution in [-0.4, -0.2) is 34.6 Å². The molecular formula is C18H18ClN3O3S. The van der Waals surface area contributed by atoms with Crippen molar-refractivity contribution in [3.63, 3.8) is 0 Å². The van der Waals surface area contributed by atoms with Crippen molar-refractivity contribution in [3.8, 4) is 0 Å². The van der Waals surface area contributed by atoms with Crippen molar-refractivity contribution in [2.45, 2.75) is 18.9 Å². The molecule has 3 aromatic rings. The number of amides is 1. The maximum absolute atomic E-state index is 12.3. The van der Waals surface area contributed by atoms with Gasteiger partial charge in [-0.05, 0) is 36.1 Å². The number of nitrogens with two attached hydrogens (primary N) is 1. The van der Waals surface area contributed by atoms with Gasteiger partial charge in [0.25, 0.3) is 5.91 Å². The molecule has 26 heavy (non-hydrogen) atoms. The second kappa shape index (κ2) is 7.90. The molecule has 0 bridgehead atoms. The smallest absolute Gasteiger partial charge is 0.317 e. The molecule has 1 amide bonds. The molecule has 0 saturated heterocycles. The predicted molar refractivity (Wildman–Crippen MR) is 103 cm³/mol. The first-order valence-corrected chi connectivity index (χ1v) is 9.23. The van der Waals surface area contributed by atoms with E-state index < -0.39 is 5.97 Å². The van der Waals surface area contributed by atoms with Crippen molar-refractivity contribution >= 4 is 45.0 Å². The van der Waals surface area contributed by atoms with E-state index in [1.54, 1.807) is 0 Å². The molecule has 2 heterocycles. The molecular weight excluding hydrogens is 374 g/mol. The van der Waals surface area contributed by atoms with Crippen molar-refractivity contribution in [2.75, 3.05) is 6.54 Å². The fourth-order valence-corrected chi connectivity index (χ4v) is 4.07. The third-order valence-electron chi connectivity index (χ3n) is 4.08. The molecule has 0 fully saturated rings. The summed E-state index contributed by atoms with van der Waals surface area (Å²) in [7, 11) is 0. The van der Waals surface area contributed by atoms with Crippen molar-refractivity contribution < 1.29 is 14.7 Å². The van der Waals surface area contributed by atoms with E-state index in [1.807, 2.05) is 24.3 Å². The SMILES string of the molecule is NCC(=O)O.O=C(NC1Cc2ccccc2C1)c1cc2cc(Cl)sc2[nH]1. The van der Waals surface area contributed by atoms with Crippen LogP contribution in [0.4, 0.5) is 0 Å². The Hall–Kier alpha value is -2.35. The van der Waals surface area contributed by atoms with E-state index in [2.05, 4.69) is 28.2 Å². The number of benzene rings is 1. The monoisotopic (exact) mass is 391 g/mol. The van der Waals surface area contributed by atoms with Gasteiger partial charge in [0, 0.05) is 11.4 Å². The van der Waals surface area contributed by atoms with E-state index in [9.17, 15) is 9.59 Å². The van der Waals surface area contributed by atoms with Crippen LogP contribution in [0.5, 0.6) is 0 Å². The Balaban J connectivity index is 0.000000349. The quantitative estimate of drug-likeness (QED) is 0.550. The lowest BCUT2D eigenvalue weighted by Gasteiger charge is -2.10. The van der Waals surface area contributed by atoms with Gasteiger partial charge in [0.05, 0.1) is 10.9 Å². The van der Waals surface area contributed by atoms with E-state index in [0.29, 0.717) is 5.69 Å². The number of aromatic nitrogens is 1. The highest BCUT2D eigenvalue weighted by Gasteiger charge is 2.23. The largest absolute Gasteiger partial charge is 0.480 e. The number of halogens is 1. The standard InChI is InChI=1S/C16H13ClN2OS.C2H5NO2/c17-14-8-11-7-13(19-16(11)21-14)15(20)18-12-5-9-3-1-2-4-10(9)6-12;3-1-2(4)5/h1-4,7-8,12,19H,5-6H2,(H,18,20);1,3H2,(H,4,5). The number of thiophene rings is 1. The number of nitrogens with one attached hydrogen (secondary N) is 2. The maximum Gasteiger partial charge on any atom is 0.317 e. The lowest BCUT2D eigenvalue weighted by atomic mass is 10.1. The van der Waals surface area contributed by atoms with Crippen molar-refractivity contribution in [1.29, 1.82) is 0 Å². The summed E-state index contributed by atoms with van der Waals surface area (Å²) in [6.45, 7) is -0.278. The molecule has 0 unspecified atom stereocenters. The van der Waals surface area contributed by atoms with Gasteiger partial charge in [0.1, 0.15) is 10.5 Å². The van der Waals surface area contributed by atoms with Crippen LogP contribution in [0.1, 0.15) is 21.6 Å². The minimum Gasteiger partial charge on any atom is -0.480 e. The van der Waals surface area contributed by atoms with E-state index >= 15 is 0 Å². The van der Waals surface area contributed by atoms with Crippen molar-refractivity contribution in [2.24, 2.45) is 5.73 Å². The van der Waals surface area contributed by atoms with Gasteiger partial charge in [-0.2, -0.15) is 0 Å². The van der Waals surface area contributed by atoms with E-state index in [4.69, 9.17) is 16.7 Å². The van der Waals surface area contributed by atoms with Crippen LogP contribution < -0.4 is 11.1 Å². The number of hydrogen-bond donors (Lipinski definition) is 4. The Morgan fingerprint density at radius 2 is 1.88 bits per heavy atom. The molecule has 136 valence electrons. The predicted octanol–water partition coefficient (Wildman–Crippen LogP) is 2.81. The first-order valence-electron chi connectivity index (χ1n) is 8.04. The summed E-state index contributed by atoms with van der Waals surface area (Å²) in [5.41, 5.74) is 7.84. The van der Waals surface area contributed by atoms with E-state index in [0.717, 1.165) is 27.4 Å². The third kappa shape index (κ3) is 4.24. The lowest BCUT2D eigenvalue weighted by Crippen LogP contribution is -2.35. The highest BCUT2D eigenvalue weighted by Crippen LogP contribution is 2.29. The summed E-state index contributed by atoms with van der Waals surface area (Å²) in [5, 5.41) is 11.7. The molecule has 0 atom stereocenters. The van der Waals surface area contributed by atoms with Crippen LogP contribution in [0.15, 0.2) is 36.4 Å². The van der Waals surface area contributed by atoms with Crippen molar-refractivity contribution in [1.82, 2.24) is 10.3 Å². The molecule has 0 saturated carbocycles. The molecule has 0 radical (unpaired) electrons. The molecule has 6 nitrogen and oxygen atoms in total. The van der Waals surface area contributed by atoms with Crippen LogP contribution in [-0.2, 0) is 17.6 Å². The van der Waals surface area contributed by atoms with Crippen LogP contribution in [0.3, 0.4) is 0 Å². The third-order valence-corrected chi connectivity index (χ3v) is 5.28. The summed E-state index contributed by atoms with van der Waals surface area (Å²) in [4.78, 5) is 25.7. The summed E-state index contributed by atoms with van der Waals surface area (Å²) in [6.07, 6.45) is 1.81. The number of aliphatic carboxylic acids is 1. The van der Waals surface area contributed by atoms with Gasteiger partial charge in [-0.15, -0.1) is 11.3 Å². The first kappa shape index (κ1) is 18.4. The van der Waals surface area contributed by atoms with Gasteiger partial charge in [-0.1, -0.05) is 35.9 Å². The Morgan fingerprint density at radius 1 is 1.27 bits per heavy atom. The fourth-order valence-electron chi connectivity index (χ4n) is 2.94. The number of carbonyl (C=O) groups excluding carboxylic acids is 1. The number of aromatic amines is 1. The maximum atomic E-state index is 12.3. The van der Waals surface area contributed by atoms with E-state index in [-0.39, 0.29) is 18.5 Å². The molecule has 0 aliphatic heterocycles. The Morgan fingerprint density at radius 3 is 2.42 bits per heavy atom. The molecule has 8 heteroatoms. The highest BCUT2D eigenvalue weighted by molar-refractivity contribution is 7.22. The lowest BCUT2D eigenvalue weighted by molar-refractivity contribution is -0.135. The molecule has 4 rings (SSSR count). The number of carboxylic acid groups (broad SMARTS) is 1. The van der Waals surface area contributed by atoms with Gasteiger partial charge < -0.3 is 21.1 Å². The second-order valence-electron chi connectivity index (χ2n) is 5.96. The second-order valence-corrected chi connectivity index (χ2v) is 7.65. The Labute approximate surface area is 159 Å². The van der Waals surface area contributed by atoms with Gasteiger partial charge in [-0.3, -0.25) is 9.59 Å². The summed E-state index contributed by atoms with van der Waals surface area (Å²) >= 11 is 7.40. The zero-order valence-electron chi connectivity index (χ0n) is 13.8. The van der Waals surface area contributed by atoms with Gasteiger partial charge in [-0.25, -0.2) is 0 Å². The molecule has 5 N–H and O–H groups in total. The van der Waals surface area contributed by atoms with Crippen LogP contribution >= 0.6 is 22.9 Å².